The first-order valence-corrected chi connectivity index (χ1v) is 9.62. The Kier molecular flexibility index (Phi) is 8.05. The molecular formula is C17H25N2O5S-. The molecule has 0 saturated heterocycles. The van der Waals surface area contributed by atoms with E-state index >= 15 is 0 Å². The predicted octanol–water partition coefficient (Wildman–Crippen LogP) is 0.815. The van der Waals surface area contributed by atoms with Gasteiger partial charge in [0.15, 0.2) is 0 Å². The van der Waals surface area contributed by atoms with E-state index in [0.717, 1.165) is 5.56 Å². The highest BCUT2D eigenvalue weighted by Crippen LogP contribution is 2.12. The van der Waals surface area contributed by atoms with Gasteiger partial charge in [-0.1, -0.05) is 30.3 Å². The third kappa shape index (κ3) is 8.64. The normalized spacial score (nSPS) is 14.0. The van der Waals surface area contributed by atoms with Gasteiger partial charge in [0.05, 0.1) is 12.0 Å². The van der Waals surface area contributed by atoms with Crippen molar-refractivity contribution in [2.75, 3.05) is 12.0 Å². The second kappa shape index (κ2) is 9.53. The van der Waals surface area contributed by atoms with Crippen LogP contribution in [0, 0.1) is 0 Å². The van der Waals surface area contributed by atoms with E-state index in [-0.39, 0.29) is 18.7 Å². The summed E-state index contributed by atoms with van der Waals surface area (Å²) in [6, 6.07) is 7.97. The lowest BCUT2D eigenvalue weighted by Crippen LogP contribution is -2.56. The second-order valence-corrected chi connectivity index (χ2v) is 8.18. The Labute approximate surface area is 150 Å². The number of aliphatic carboxylic acids is 1. The van der Waals surface area contributed by atoms with Crippen LogP contribution in [0.3, 0.4) is 0 Å². The fourth-order valence-corrected chi connectivity index (χ4v) is 2.66. The van der Waals surface area contributed by atoms with E-state index in [9.17, 15) is 18.9 Å². The van der Waals surface area contributed by atoms with Crippen LogP contribution in [0.1, 0.15) is 32.8 Å². The van der Waals surface area contributed by atoms with E-state index < -0.39 is 34.5 Å². The van der Waals surface area contributed by atoms with Crippen LogP contribution in [0.2, 0.25) is 0 Å². The van der Waals surface area contributed by atoms with Crippen LogP contribution < -0.4 is 10.5 Å². The molecule has 0 saturated carbocycles. The number of hydrogen-bond acceptors (Lipinski definition) is 6. The van der Waals surface area contributed by atoms with Crippen LogP contribution in [-0.2, 0) is 26.9 Å². The van der Waals surface area contributed by atoms with Gasteiger partial charge in [-0.25, -0.2) is 9.80 Å². The number of amides is 1. The zero-order chi connectivity index (χ0) is 19.0. The fourth-order valence-electron chi connectivity index (χ4n) is 2.10. The lowest BCUT2D eigenvalue weighted by atomic mass is 10.1. The molecule has 0 aliphatic carbocycles. The van der Waals surface area contributed by atoms with Gasteiger partial charge in [0.1, 0.15) is 5.60 Å². The number of carbonyl (C=O) groups is 2. The predicted molar refractivity (Wildman–Crippen MR) is 93.7 cm³/mol. The molecule has 0 unspecified atom stereocenters. The number of hydrogen-bond donors (Lipinski definition) is 1. The van der Waals surface area contributed by atoms with E-state index in [1.165, 1.54) is 11.3 Å². The molecule has 0 radical (unpaired) electrons. The Morgan fingerprint density at radius 2 is 1.88 bits per heavy atom. The summed E-state index contributed by atoms with van der Waals surface area (Å²) in [5.41, 5.74) is 2.57. The molecule has 0 fully saturated rings. The van der Waals surface area contributed by atoms with Gasteiger partial charge in [-0.2, -0.15) is 0 Å². The molecule has 0 bridgehead atoms. The Morgan fingerprint density at radius 3 is 2.36 bits per heavy atom. The summed E-state index contributed by atoms with van der Waals surface area (Å²) in [6.45, 7) is 5.29. The van der Waals surface area contributed by atoms with E-state index in [0.29, 0.717) is 0 Å². The maximum atomic E-state index is 12.1. The molecule has 0 heterocycles. The summed E-state index contributed by atoms with van der Waals surface area (Å²) in [5.74, 6) is -1.17. The smallest absolute Gasteiger partial charge is 0.422 e. The fraction of sp³-hybridized carbons (Fsp3) is 0.529. The molecule has 140 valence electrons. The zero-order valence-electron chi connectivity index (χ0n) is 15.0. The molecule has 1 N–H and O–H groups in total. The van der Waals surface area contributed by atoms with Gasteiger partial charge in [0.2, 0.25) is 0 Å². The first-order chi connectivity index (χ1) is 11.6. The molecule has 25 heavy (non-hydrogen) atoms. The third-order valence-electron chi connectivity index (χ3n) is 3.16. The van der Waals surface area contributed by atoms with Crippen molar-refractivity contribution >= 4 is 22.9 Å². The van der Waals surface area contributed by atoms with Crippen molar-refractivity contribution in [3.63, 3.8) is 0 Å². The zero-order valence-corrected chi connectivity index (χ0v) is 15.8. The highest BCUT2D eigenvalue weighted by Gasteiger charge is 2.25. The lowest BCUT2D eigenvalue weighted by molar-refractivity contribution is -0.312. The molecule has 1 rings (SSSR count). The molecular weight excluding hydrogens is 344 g/mol. The number of ether oxygens (including phenoxy) is 1. The average molecular weight is 369 g/mol. The minimum Gasteiger partial charge on any atom is -0.548 e. The van der Waals surface area contributed by atoms with Crippen LogP contribution in [0.25, 0.3) is 0 Å². The largest absolute Gasteiger partial charge is 0.548 e. The van der Waals surface area contributed by atoms with Crippen molar-refractivity contribution < 1.29 is 23.6 Å². The first-order valence-electron chi connectivity index (χ1n) is 7.89. The van der Waals surface area contributed by atoms with Gasteiger partial charge in [0, 0.05) is 29.4 Å². The van der Waals surface area contributed by atoms with Gasteiger partial charge in [-0.05, 0) is 32.8 Å². The van der Waals surface area contributed by atoms with E-state index in [1.807, 2.05) is 30.3 Å². The monoisotopic (exact) mass is 369 g/mol. The minimum absolute atomic E-state index is 0.0775. The molecule has 7 nitrogen and oxygen atoms in total. The molecule has 0 spiro atoms. The van der Waals surface area contributed by atoms with Crippen molar-refractivity contribution in [3.05, 3.63) is 35.9 Å². The number of nitrogens with zero attached hydrogens (tertiary/aromatic N) is 1. The van der Waals surface area contributed by atoms with Gasteiger partial charge >= 0.3 is 6.09 Å². The Morgan fingerprint density at radius 1 is 1.28 bits per heavy atom. The second-order valence-electron chi connectivity index (χ2n) is 6.63. The summed E-state index contributed by atoms with van der Waals surface area (Å²) < 4.78 is 16.5. The summed E-state index contributed by atoms with van der Waals surface area (Å²) in [5, 5.41) is 12.8. The average Bonchev–Trinajstić information content (AvgIpc) is 2.45. The van der Waals surface area contributed by atoms with Crippen molar-refractivity contribution in [2.24, 2.45) is 0 Å². The number of carboxylic acids is 1. The molecule has 0 aromatic heterocycles. The highest BCUT2D eigenvalue weighted by atomic mass is 32.2. The summed E-state index contributed by atoms with van der Waals surface area (Å²) in [4.78, 5) is 23.6. The van der Waals surface area contributed by atoms with Crippen LogP contribution in [0.4, 0.5) is 4.79 Å². The number of carbonyl (C=O) groups excluding carboxylic acids is 2. The molecule has 1 aromatic rings. The maximum absolute atomic E-state index is 12.1. The van der Waals surface area contributed by atoms with Crippen molar-refractivity contribution in [1.82, 2.24) is 10.4 Å². The minimum atomic E-state index is -1.35. The molecule has 8 heteroatoms. The van der Waals surface area contributed by atoms with Crippen molar-refractivity contribution in [2.45, 2.75) is 45.4 Å². The highest BCUT2D eigenvalue weighted by molar-refractivity contribution is 7.84. The first kappa shape index (κ1) is 21.1. The lowest BCUT2D eigenvalue weighted by Gasteiger charge is -2.33. The van der Waals surface area contributed by atoms with E-state index in [1.54, 1.807) is 20.8 Å². The number of benzene rings is 1. The summed E-state index contributed by atoms with van der Waals surface area (Å²) >= 11 is 0. The standard InChI is InChI=1S/C17H26N2O5S/c1-17(2,3)24-16(22)18-19(12-13-8-6-5-7-9-13)14(15(20)21)10-11-25(4)23/h5-9,14H,10-12H2,1-4H3,(H,18,22)(H,20,21)/p-1/t14-,25-/m1/s1. The summed E-state index contributed by atoms with van der Waals surface area (Å²) in [7, 11) is -1.16. The van der Waals surface area contributed by atoms with Gasteiger partial charge in [-0.15, -0.1) is 0 Å². The van der Waals surface area contributed by atoms with Crippen molar-refractivity contribution in [1.29, 1.82) is 0 Å². The van der Waals surface area contributed by atoms with Crippen LogP contribution in [0.15, 0.2) is 30.3 Å². The number of rotatable bonds is 8. The molecule has 1 aromatic carbocycles. The Balaban J connectivity index is 2.96. The molecule has 0 aliphatic rings. The number of hydrazine groups is 1. The Hall–Kier alpha value is -1.93. The van der Waals surface area contributed by atoms with E-state index in [4.69, 9.17) is 4.74 Å². The maximum Gasteiger partial charge on any atom is 0.422 e. The molecule has 0 aliphatic heterocycles. The number of nitrogens with one attached hydrogen (secondary N) is 1. The van der Waals surface area contributed by atoms with Crippen LogP contribution in [-0.4, -0.2) is 44.9 Å². The van der Waals surface area contributed by atoms with E-state index in [2.05, 4.69) is 5.43 Å². The quantitative estimate of drug-likeness (QED) is 0.681. The summed E-state index contributed by atoms with van der Waals surface area (Å²) in [6.07, 6.45) is 0.816. The van der Waals surface area contributed by atoms with Crippen LogP contribution in [0.5, 0.6) is 0 Å². The Bertz CT molecular complexity index is 601. The topological polar surface area (TPSA) is 98.8 Å². The third-order valence-corrected chi connectivity index (χ3v) is 3.97. The van der Waals surface area contributed by atoms with Gasteiger partial charge in [0.25, 0.3) is 0 Å². The molecule has 1 amide bonds. The van der Waals surface area contributed by atoms with Crippen LogP contribution >= 0.6 is 0 Å². The van der Waals surface area contributed by atoms with Gasteiger partial charge < -0.3 is 14.6 Å². The van der Waals surface area contributed by atoms with Crippen molar-refractivity contribution in [3.8, 4) is 0 Å². The number of carboxylic acid groups (broad SMARTS) is 1. The van der Waals surface area contributed by atoms with Gasteiger partial charge in [-0.3, -0.25) is 9.63 Å². The molecule has 2 atom stereocenters. The SMILES string of the molecule is C[S@@](=O)CC[C@H](C(=O)[O-])N(Cc1ccccc1)NC(=O)OC(C)(C)C.